The molecule has 3 nitrogen and oxygen atoms in total. The minimum Gasteiger partial charge on any atom is -0.339 e. The molecule has 1 unspecified atom stereocenters. The Kier molecular flexibility index (Phi) is 3.64. The summed E-state index contributed by atoms with van der Waals surface area (Å²) in [5, 5.41) is 9.42. The second-order valence-electron chi connectivity index (χ2n) is 5.53. The molecule has 0 fully saturated rings. The summed E-state index contributed by atoms with van der Waals surface area (Å²) in [4.78, 5) is 2.28. The Morgan fingerprint density at radius 2 is 2.05 bits per heavy atom. The third-order valence-corrected chi connectivity index (χ3v) is 4.21. The Bertz CT molecular complexity index is 700. The zero-order valence-corrected chi connectivity index (χ0v) is 12.2. The number of fused-ring (bicyclic) bond motifs is 1. The number of aryl methyl sites for hydroxylation is 1. The third kappa shape index (κ3) is 2.28. The van der Waals surface area contributed by atoms with Crippen LogP contribution in [0.25, 0.3) is 0 Å². The summed E-state index contributed by atoms with van der Waals surface area (Å²) in [5.74, 6) is 0.442. The van der Waals surface area contributed by atoms with Crippen LogP contribution in [-0.4, -0.2) is 13.1 Å². The highest BCUT2D eigenvalue weighted by Gasteiger charge is 2.30. The number of rotatable bonds is 3. The maximum atomic E-state index is 9.42. The van der Waals surface area contributed by atoms with E-state index in [4.69, 9.17) is 5.73 Å². The molecule has 0 amide bonds. The number of hydrogen-bond donors (Lipinski definition) is 1. The van der Waals surface area contributed by atoms with Crippen molar-refractivity contribution in [3.8, 4) is 6.07 Å². The van der Waals surface area contributed by atoms with Gasteiger partial charge in [0.25, 0.3) is 0 Å². The van der Waals surface area contributed by atoms with E-state index in [1.807, 2.05) is 12.1 Å². The molecule has 0 bridgehead atoms. The maximum Gasteiger partial charge on any atom is 0.101 e. The molecule has 1 aliphatic heterocycles. The van der Waals surface area contributed by atoms with Crippen molar-refractivity contribution in [2.24, 2.45) is 5.73 Å². The minimum absolute atomic E-state index is 0.442. The smallest absolute Gasteiger partial charge is 0.101 e. The molecule has 106 valence electrons. The lowest BCUT2D eigenvalue weighted by atomic mass is 9.98. The van der Waals surface area contributed by atoms with Crippen LogP contribution in [0.1, 0.15) is 29.0 Å². The lowest BCUT2D eigenvalue weighted by Crippen LogP contribution is -2.19. The molecule has 2 N–H and O–H groups in total. The van der Waals surface area contributed by atoms with Crippen molar-refractivity contribution in [3.05, 3.63) is 59.2 Å². The molecule has 2 aromatic rings. The first-order valence-corrected chi connectivity index (χ1v) is 7.32. The van der Waals surface area contributed by atoms with Gasteiger partial charge in [0.05, 0.1) is 11.3 Å². The van der Waals surface area contributed by atoms with Gasteiger partial charge in [-0.25, -0.2) is 0 Å². The highest BCUT2D eigenvalue weighted by atomic mass is 15.2. The molecular formula is C18H19N3. The second kappa shape index (κ2) is 5.59. The van der Waals surface area contributed by atoms with Gasteiger partial charge in [-0.15, -0.1) is 0 Å². The fraction of sp³-hybridized carbons (Fsp3) is 0.278. The molecule has 1 atom stereocenters. The number of hydrogen-bond acceptors (Lipinski definition) is 3. The van der Waals surface area contributed by atoms with Crippen molar-refractivity contribution in [3.63, 3.8) is 0 Å². The van der Waals surface area contributed by atoms with Crippen molar-refractivity contribution >= 4 is 11.4 Å². The fourth-order valence-corrected chi connectivity index (χ4v) is 3.26. The Labute approximate surface area is 125 Å². The summed E-state index contributed by atoms with van der Waals surface area (Å²) in [7, 11) is 0. The van der Waals surface area contributed by atoms with Crippen molar-refractivity contribution in [1.82, 2.24) is 0 Å². The molecular weight excluding hydrogens is 258 g/mol. The topological polar surface area (TPSA) is 53.0 Å². The molecule has 1 aliphatic rings. The normalized spacial score (nSPS) is 16.6. The lowest BCUT2D eigenvalue weighted by Gasteiger charge is -2.23. The van der Waals surface area contributed by atoms with Gasteiger partial charge in [-0.05, 0) is 43.1 Å². The number of para-hydroxylation sites is 2. The summed E-state index contributed by atoms with van der Waals surface area (Å²) in [6.45, 7) is 3.65. The zero-order chi connectivity index (χ0) is 14.8. The molecule has 0 saturated heterocycles. The third-order valence-electron chi connectivity index (χ3n) is 4.21. The summed E-state index contributed by atoms with van der Waals surface area (Å²) < 4.78 is 0. The van der Waals surface area contributed by atoms with Gasteiger partial charge in [0, 0.05) is 18.2 Å². The van der Waals surface area contributed by atoms with Crippen LogP contribution in [0.15, 0.2) is 42.5 Å². The first-order chi connectivity index (χ1) is 10.3. The zero-order valence-electron chi connectivity index (χ0n) is 12.2. The van der Waals surface area contributed by atoms with E-state index in [1.54, 1.807) is 0 Å². The highest BCUT2D eigenvalue weighted by molar-refractivity contribution is 5.77. The van der Waals surface area contributed by atoms with E-state index in [2.05, 4.69) is 48.2 Å². The standard InChI is InChI=1S/C18H19N3/c1-13-5-4-6-14(11-20)18(13)21-12-15(9-10-19)16-7-2-3-8-17(16)21/h2-8,15H,9-10,12,19H2,1H3. The summed E-state index contributed by atoms with van der Waals surface area (Å²) >= 11 is 0. The molecule has 0 saturated carbocycles. The molecule has 3 rings (SSSR count). The van der Waals surface area contributed by atoms with E-state index in [0.29, 0.717) is 12.5 Å². The van der Waals surface area contributed by atoms with Crippen molar-refractivity contribution in [2.75, 3.05) is 18.0 Å². The van der Waals surface area contributed by atoms with Crippen LogP contribution in [-0.2, 0) is 0 Å². The molecule has 0 aliphatic carbocycles. The highest BCUT2D eigenvalue weighted by Crippen LogP contribution is 2.43. The number of nitriles is 1. The van der Waals surface area contributed by atoms with E-state index in [9.17, 15) is 5.26 Å². The molecule has 0 spiro atoms. The van der Waals surface area contributed by atoms with Gasteiger partial charge in [-0.3, -0.25) is 0 Å². The first-order valence-electron chi connectivity index (χ1n) is 7.32. The van der Waals surface area contributed by atoms with Gasteiger partial charge in [-0.1, -0.05) is 30.3 Å². The number of anilines is 2. The molecule has 21 heavy (non-hydrogen) atoms. The van der Waals surface area contributed by atoms with Gasteiger partial charge < -0.3 is 10.6 Å². The van der Waals surface area contributed by atoms with E-state index < -0.39 is 0 Å². The predicted octanol–water partition coefficient (Wildman–Crippen LogP) is 3.45. The number of nitrogens with zero attached hydrogens (tertiary/aromatic N) is 2. The summed E-state index contributed by atoms with van der Waals surface area (Å²) in [5.41, 5.74) is 11.2. The monoisotopic (exact) mass is 277 g/mol. The average Bonchev–Trinajstić information content (AvgIpc) is 2.86. The van der Waals surface area contributed by atoms with Gasteiger partial charge in [0.1, 0.15) is 6.07 Å². The van der Waals surface area contributed by atoms with Crippen LogP contribution in [0, 0.1) is 18.3 Å². The molecule has 0 radical (unpaired) electrons. The molecule has 2 aromatic carbocycles. The van der Waals surface area contributed by atoms with Crippen molar-refractivity contribution in [1.29, 1.82) is 5.26 Å². The van der Waals surface area contributed by atoms with Crippen LogP contribution in [0.4, 0.5) is 11.4 Å². The predicted molar refractivity (Wildman–Crippen MR) is 85.8 cm³/mol. The summed E-state index contributed by atoms with van der Waals surface area (Å²) in [6, 6.07) is 16.7. The van der Waals surface area contributed by atoms with Gasteiger partial charge >= 0.3 is 0 Å². The maximum absolute atomic E-state index is 9.42. The van der Waals surface area contributed by atoms with Crippen LogP contribution in [0.5, 0.6) is 0 Å². The quantitative estimate of drug-likeness (QED) is 0.935. The van der Waals surface area contributed by atoms with E-state index in [-0.39, 0.29) is 0 Å². The number of nitrogens with two attached hydrogens (primary N) is 1. The average molecular weight is 277 g/mol. The van der Waals surface area contributed by atoms with Crippen molar-refractivity contribution in [2.45, 2.75) is 19.3 Å². The minimum atomic E-state index is 0.442. The van der Waals surface area contributed by atoms with Gasteiger partial charge in [0.15, 0.2) is 0 Å². The largest absolute Gasteiger partial charge is 0.339 e. The van der Waals surface area contributed by atoms with Gasteiger partial charge in [0.2, 0.25) is 0 Å². The molecule has 3 heteroatoms. The lowest BCUT2D eigenvalue weighted by molar-refractivity contribution is 0.668. The second-order valence-corrected chi connectivity index (χ2v) is 5.53. The molecule has 1 heterocycles. The Morgan fingerprint density at radius 1 is 1.24 bits per heavy atom. The Morgan fingerprint density at radius 3 is 2.81 bits per heavy atom. The van der Waals surface area contributed by atoms with E-state index >= 15 is 0 Å². The van der Waals surface area contributed by atoms with E-state index in [1.165, 1.54) is 11.3 Å². The Balaban J connectivity index is 2.12. The van der Waals surface area contributed by atoms with Crippen LogP contribution < -0.4 is 10.6 Å². The van der Waals surface area contributed by atoms with Crippen molar-refractivity contribution < 1.29 is 0 Å². The van der Waals surface area contributed by atoms with Gasteiger partial charge in [-0.2, -0.15) is 5.26 Å². The Hall–Kier alpha value is -2.31. The summed E-state index contributed by atoms with van der Waals surface area (Å²) in [6.07, 6.45) is 0.973. The SMILES string of the molecule is Cc1cccc(C#N)c1N1CC(CCN)c2ccccc21. The van der Waals surface area contributed by atoms with Crippen LogP contribution >= 0.6 is 0 Å². The fourth-order valence-electron chi connectivity index (χ4n) is 3.26. The van der Waals surface area contributed by atoms with E-state index in [0.717, 1.165) is 29.8 Å². The van der Waals surface area contributed by atoms with Crippen LogP contribution in [0.3, 0.4) is 0 Å². The number of benzene rings is 2. The van der Waals surface area contributed by atoms with Crippen LogP contribution in [0.2, 0.25) is 0 Å². The first kappa shape index (κ1) is 13.7. The molecule has 0 aromatic heterocycles.